The fraction of sp³-hybridized carbons (Fsp3) is 0.462. The van der Waals surface area contributed by atoms with Crippen molar-refractivity contribution < 1.29 is 13.2 Å². The van der Waals surface area contributed by atoms with Gasteiger partial charge in [-0.1, -0.05) is 12.2 Å². The maximum atomic E-state index is 14.0. The van der Waals surface area contributed by atoms with Crippen LogP contribution < -0.4 is 11.1 Å². The number of benzene rings is 1. The lowest BCUT2D eigenvalue weighted by molar-refractivity contribution is 0.139. The minimum absolute atomic E-state index is 0.0833. The average molecular weight is 288 g/mol. The summed E-state index contributed by atoms with van der Waals surface area (Å²) in [6, 6.07) is 4.20. The van der Waals surface area contributed by atoms with Crippen molar-refractivity contribution >= 4 is 22.9 Å². The maximum Gasteiger partial charge on any atom is 0.188 e. The molecule has 1 aliphatic rings. The lowest BCUT2D eigenvalue weighted by Gasteiger charge is -2.42. The number of halogens is 3. The quantitative estimate of drug-likeness (QED) is 0.649. The first-order valence-electron chi connectivity index (χ1n) is 5.94. The van der Waals surface area contributed by atoms with E-state index in [1.807, 2.05) is 0 Å². The molecule has 1 fully saturated rings. The van der Waals surface area contributed by atoms with Crippen LogP contribution in [0.15, 0.2) is 18.2 Å². The van der Waals surface area contributed by atoms with Crippen molar-refractivity contribution in [3.05, 3.63) is 29.6 Å². The van der Waals surface area contributed by atoms with Gasteiger partial charge in [-0.25, -0.2) is 13.2 Å². The number of piperidine rings is 1. The van der Waals surface area contributed by atoms with Crippen molar-refractivity contribution in [1.82, 2.24) is 5.32 Å². The van der Waals surface area contributed by atoms with Crippen molar-refractivity contribution in [1.29, 1.82) is 0 Å². The molecule has 6 heteroatoms. The highest BCUT2D eigenvalue weighted by Gasteiger charge is 2.46. The van der Waals surface area contributed by atoms with Crippen molar-refractivity contribution in [2.24, 2.45) is 0 Å². The van der Waals surface area contributed by atoms with Crippen molar-refractivity contribution in [2.45, 2.75) is 31.0 Å². The lowest BCUT2D eigenvalue weighted by atomic mass is 9.79. The van der Waals surface area contributed by atoms with E-state index in [9.17, 15) is 13.2 Å². The van der Waals surface area contributed by atoms with Gasteiger partial charge in [0.05, 0.1) is 5.54 Å². The summed E-state index contributed by atoms with van der Waals surface area (Å²) < 4.78 is 40.6. The zero-order chi connectivity index (χ0) is 14.3. The van der Waals surface area contributed by atoms with Gasteiger partial charge in [-0.15, -0.1) is 0 Å². The molecule has 1 heterocycles. The Bertz CT molecular complexity index is 523. The Kier molecular flexibility index (Phi) is 3.47. The van der Waals surface area contributed by atoms with Crippen LogP contribution in [-0.2, 0) is 5.54 Å². The van der Waals surface area contributed by atoms with Gasteiger partial charge in [-0.3, -0.25) is 0 Å². The van der Waals surface area contributed by atoms with Crippen molar-refractivity contribution in [2.75, 3.05) is 12.4 Å². The molecule has 0 bridgehead atoms. The number of nitrogens with two attached hydrogens (primary N) is 1. The van der Waals surface area contributed by atoms with Crippen LogP contribution in [0.5, 0.6) is 0 Å². The van der Waals surface area contributed by atoms with Gasteiger partial charge in [0.15, 0.2) is 5.67 Å². The normalized spacial score (nSPS) is 31.1. The molecule has 1 aliphatic heterocycles. The molecule has 2 rings (SSSR count). The van der Waals surface area contributed by atoms with Gasteiger partial charge in [0.25, 0.3) is 0 Å². The first-order chi connectivity index (χ1) is 8.81. The smallest absolute Gasteiger partial charge is 0.188 e. The number of hydrogen-bond donors (Lipinski definition) is 2. The van der Waals surface area contributed by atoms with Crippen LogP contribution in [0, 0.1) is 5.82 Å². The SMILES string of the molecule is CC1(c2cc(N)ccc2F)CCC(F)(CF)C(=S)N1. The Labute approximate surface area is 115 Å². The molecule has 3 N–H and O–H groups in total. The van der Waals surface area contributed by atoms with E-state index >= 15 is 0 Å². The molecule has 2 atom stereocenters. The molecule has 104 valence electrons. The number of anilines is 1. The summed E-state index contributed by atoms with van der Waals surface area (Å²) >= 11 is 4.88. The van der Waals surface area contributed by atoms with Crippen molar-refractivity contribution in [3.8, 4) is 0 Å². The third kappa shape index (κ3) is 2.41. The van der Waals surface area contributed by atoms with Gasteiger partial charge in [-0.05, 0) is 38.0 Å². The van der Waals surface area contributed by atoms with Crippen LogP contribution in [-0.4, -0.2) is 17.3 Å². The molecule has 19 heavy (non-hydrogen) atoms. The molecule has 0 spiro atoms. The fourth-order valence-electron chi connectivity index (χ4n) is 2.28. The highest BCUT2D eigenvalue weighted by atomic mass is 32.1. The minimum Gasteiger partial charge on any atom is -0.399 e. The van der Waals surface area contributed by atoms with E-state index in [4.69, 9.17) is 18.0 Å². The van der Waals surface area contributed by atoms with E-state index in [2.05, 4.69) is 5.32 Å². The summed E-state index contributed by atoms with van der Waals surface area (Å²) in [5, 5.41) is 2.74. The van der Waals surface area contributed by atoms with E-state index in [0.717, 1.165) is 0 Å². The fourth-order valence-corrected chi connectivity index (χ4v) is 2.66. The number of alkyl halides is 2. The monoisotopic (exact) mass is 288 g/mol. The summed E-state index contributed by atoms with van der Waals surface area (Å²) in [4.78, 5) is -0.217. The van der Waals surface area contributed by atoms with Gasteiger partial charge in [0, 0.05) is 11.3 Å². The molecule has 0 amide bonds. The first kappa shape index (κ1) is 14.1. The largest absolute Gasteiger partial charge is 0.399 e. The van der Waals surface area contributed by atoms with Crippen LogP contribution >= 0.6 is 12.2 Å². The second-order valence-corrected chi connectivity index (χ2v) is 5.53. The number of nitrogens with one attached hydrogen (secondary N) is 1. The summed E-state index contributed by atoms with van der Waals surface area (Å²) in [7, 11) is 0. The number of nitrogen functional groups attached to an aromatic ring is 1. The highest BCUT2D eigenvalue weighted by Crippen LogP contribution is 2.38. The zero-order valence-electron chi connectivity index (χ0n) is 10.5. The Morgan fingerprint density at radius 3 is 2.68 bits per heavy atom. The lowest BCUT2D eigenvalue weighted by Crippen LogP contribution is -2.57. The Morgan fingerprint density at radius 1 is 1.42 bits per heavy atom. The Balaban J connectivity index is 2.36. The molecule has 2 unspecified atom stereocenters. The van der Waals surface area contributed by atoms with Crippen LogP contribution in [0.1, 0.15) is 25.3 Å². The topological polar surface area (TPSA) is 38.0 Å². The minimum atomic E-state index is -2.15. The number of thiocarbonyl (C=S) groups is 1. The van der Waals surface area contributed by atoms with Gasteiger partial charge >= 0.3 is 0 Å². The zero-order valence-corrected chi connectivity index (χ0v) is 11.3. The standard InChI is InChI=1S/C13H15F3N2S/c1-12(9-6-8(17)2-3-10(9)15)4-5-13(16,7-14)11(19)18-12/h2-3,6H,4-5,7,17H2,1H3,(H,18,19). The molecular weight excluding hydrogens is 273 g/mol. The predicted octanol–water partition coefficient (Wildman–Crippen LogP) is 3.01. The van der Waals surface area contributed by atoms with Gasteiger partial charge in [0.2, 0.25) is 0 Å². The second kappa shape index (κ2) is 4.67. The van der Waals surface area contributed by atoms with Crippen LogP contribution in [0.25, 0.3) is 0 Å². The van der Waals surface area contributed by atoms with Gasteiger partial charge in [0.1, 0.15) is 17.5 Å². The first-order valence-corrected chi connectivity index (χ1v) is 6.34. The third-order valence-corrected chi connectivity index (χ3v) is 4.08. The predicted molar refractivity (Wildman–Crippen MR) is 72.9 cm³/mol. The molecule has 0 radical (unpaired) electrons. The summed E-state index contributed by atoms with van der Waals surface area (Å²) in [6.45, 7) is 0.531. The van der Waals surface area contributed by atoms with E-state index < -0.39 is 23.7 Å². The molecular formula is C13H15F3N2S. The van der Waals surface area contributed by atoms with E-state index in [1.54, 1.807) is 6.92 Å². The Hall–Kier alpha value is -1.30. The van der Waals surface area contributed by atoms with E-state index in [1.165, 1.54) is 18.2 Å². The van der Waals surface area contributed by atoms with Crippen LogP contribution in [0.2, 0.25) is 0 Å². The Morgan fingerprint density at radius 2 is 2.11 bits per heavy atom. The average Bonchev–Trinajstić information content (AvgIpc) is 2.37. The molecule has 0 saturated carbocycles. The summed E-state index contributed by atoms with van der Waals surface area (Å²) in [6.07, 6.45) is 0.147. The molecule has 2 nitrogen and oxygen atoms in total. The molecule has 1 saturated heterocycles. The highest BCUT2D eigenvalue weighted by molar-refractivity contribution is 7.80. The van der Waals surface area contributed by atoms with Gasteiger partial charge < -0.3 is 11.1 Å². The van der Waals surface area contributed by atoms with Gasteiger partial charge in [-0.2, -0.15) is 0 Å². The van der Waals surface area contributed by atoms with Crippen LogP contribution in [0.3, 0.4) is 0 Å². The molecule has 1 aromatic rings. The molecule has 0 aliphatic carbocycles. The van der Waals surface area contributed by atoms with Crippen LogP contribution in [0.4, 0.5) is 18.9 Å². The van der Waals surface area contributed by atoms with E-state index in [-0.39, 0.29) is 17.8 Å². The number of hydrogen-bond acceptors (Lipinski definition) is 2. The maximum absolute atomic E-state index is 14.0. The molecule has 1 aromatic carbocycles. The summed E-state index contributed by atoms with van der Waals surface area (Å²) in [5.41, 5.74) is 3.35. The number of rotatable bonds is 2. The molecule has 0 aromatic heterocycles. The van der Waals surface area contributed by atoms with Crippen molar-refractivity contribution in [3.63, 3.8) is 0 Å². The van der Waals surface area contributed by atoms with E-state index in [0.29, 0.717) is 11.3 Å². The third-order valence-electron chi connectivity index (χ3n) is 3.61. The second-order valence-electron chi connectivity index (χ2n) is 5.12. The summed E-state index contributed by atoms with van der Waals surface area (Å²) in [5.74, 6) is -0.446.